The smallest absolute Gasteiger partial charge is 0.334 e. The van der Waals surface area contributed by atoms with Crippen LogP contribution in [-0.2, 0) is 10.8 Å². The first-order valence-electron chi connectivity index (χ1n) is 22.1. The molecule has 0 unspecified atom stereocenters. The molecule has 0 saturated carbocycles. The molecule has 0 atom stereocenters. The monoisotopic (exact) mass is 822 g/mol. The molecule has 3 aliphatic rings. The molecule has 0 N–H and O–H groups in total. The third kappa shape index (κ3) is 5.01. The standard InChI is InChI=1S/C59H43BN2S/c1-58(2,3)42-34-35-50(46(37-42)38-20-7-4-8-21-38)61-56-43-27-14-13-22-39(43)36-47-44-29-19-31-49-55(44)62(60(53(47)56)54-45-28-15-18-33-52(45)63-57(54)61)51-32-17-16-30-48(51)59(49,40-23-9-5-10-24-40)41-25-11-6-12-26-41/h4-37H,1-3H3. The lowest BCUT2D eigenvalue weighted by Gasteiger charge is -2.52. The molecule has 0 aliphatic carbocycles. The lowest BCUT2D eigenvalue weighted by atomic mass is 9.42. The van der Waals surface area contributed by atoms with Gasteiger partial charge in [-0.25, -0.2) is 0 Å². The lowest BCUT2D eigenvalue weighted by Crippen LogP contribution is -2.63. The maximum Gasteiger partial charge on any atom is 0.334 e. The Morgan fingerprint density at radius 2 is 1.11 bits per heavy atom. The Kier molecular flexibility index (Phi) is 7.78. The Morgan fingerprint density at radius 1 is 0.476 bits per heavy atom. The molecule has 4 heteroatoms. The molecule has 1 aromatic heterocycles. The summed E-state index contributed by atoms with van der Waals surface area (Å²) < 4.78 is 1.30. The minimum atomic E-state index is -0.558. The summed E-state index contributed by atoms with van der Waals surface area (Å²) in [6.07, 6.45) is 0. The third-order valence-corrected chi connectivity index (χ3v) is 15.2. The molecule has 0 saturated heterocycles. The van der Waals surface area contributed by atoms with Gasteiger partial charge in [0.1, 0.15) is 0 Å². The van der Waals surface area contributed by atoms with Crippen LogP contribution in [0.1, 0.15) is 48.6 Å². The molecule has 0 bridgehead atoms. The number of para-hydroxylation sites is 2. The van der Waals surface area contributed by atoms with Crippen LogP contribution in [0.25, 0.3) is 43.1 Å². The predicted molar refractivity (Wildman–Crippen MR) is 269 cm³/mol. The van der Waals surface area contributed by atoms with E-state index in [2.05, 4.69) is 237 Å². The first-order valence-corrected chi connectivity index (χ1v) is 23.0. The normalized spacial score (nSPS) is 14.3. The van der Waals surface area contributed by atoms with Crippen molar-refractivity contribution < 1.29 is 0 Å². The van der Waals surface area contributed by atoms with Crippen molar-refractivity contribution in [1.82, 2.24) is 0 Å². The van der Waals surface area contributed by atoms with Gasteiger partial charge in [0, 0.05) is 32.6 Å². The van der Waals surface area contributed by atoms with Crippen LogP contribution in [0.4, 0.5) is 27.8 Å². The van der Waals surface area contributed by atoms with Crippen LogP contribution < -0.4 is 20.6 Å². The van der Waals surface area contributed by atoms with Crippen LogP contribution in [-0.4, -0.2) is 6.85 Å². The van der Waals surface area contributed by atoms with Crippen molar-refractivity contribution >= 4 is 77.7 Å². The van der Waals surface area contributed by atoms with E-state index < -0.39 is 5.41 Å². The highest BCUT2D eigenvalue weighted by atomic mass is 32.1. The number of thiophene rings is 1. The Balaban J connectivity index is 1.21. The highest BCUT2D eigenvalue weighted by Gasteiger charge is 2.54. The van der Waals surface area contributed by atoms with Crippen LogP contribution >= 0.6 is 11.3 Å². The minimum absolute atomic E-state index is 0.0196. The minimum Gasteiger partial charge on any atom is -0.376 e. The topological polar surface area (TPSA) is 6.48 Å². The highest BCUT2D eigenvalue weighted by molar-refractivity contribution is 7.26. The zero-order valence-corrected chi connectivity index (χ0v) is 36.3. The van der Waals surface area contributed by atoms with Crippen LogP contribution in [0.3, 0.4) is 0 Å². The van der Waals surface area contributed by atoms with E-state index in [1.165, 1.54) is 110 Å². The molecule has 3 aliphatic heterocycles. The summed E-state index contributed by atoms with van der Waals surface area (Å²) in [6, 6.07) is 77.8. The molecule has 0 spiro atoms. The predicted octanol–water partition coefficient (Wildman–Crippen LogP) is 14.4. The first kappa shape index (κ1) is 36.5. The van der Waals surface area contributed by atoms with E-state index in [0.717, 1.165) is 0 Å². The van der Waals surface area contributed by atoms with Gasteiger partial charge in [0.25, 0.3) is 0 Å². The van der Waals surface area contributed by atoms with E-state index in [4.69, 9.17) is 0 Å². The number of anilines is 5. The van der Waals surface area contributed by atoms with Gasteiger partial charge >= 0.3 is 6.85 Å². The molecular weight excluding hydrogens is 780 g/mol. The quantitative estimate of drug-likeness (QED) is 0.163. The van der Waals surface area contributed by atoms with Crippen molar-refractivity contribution in [3.05, 3.63) is 234 Å². The average Bonchev–Trinajstić information content (AvgIpc) is 3.72. The van der Waals surface area contributed by atoms with Crippen molar-refractivity contribution in [3.8, 4) is 22.3 Å². The number of nitrogens with zero attached hydrogens (tertiary/aromatic N) is 2. The summed E-state index contributed by atoms with van der Waals surface area (Å²) in [5, 5.41) is 5.09. The second-order valence-electron chi connectivity index (χ2n) is 18.4. The second-order valence-corrected chi connectivity index (χ2v) is 19.4. The van der Waals surface area contributed by atoms with E-state index in [1.54, 1.807) is 0 Å². The molecule has 4 heterocycles. The van der Waals surface area contributed by atoms with Crippen LogP contribution in [0, 0.1) is 0 Å². The molecule has 0 amide bonds. The van der Waals surface area contributed by atoms with Gasteiger partial charge in [0.2, 0.25) is 0 Å². The molecule has 0 radical (unpaired) electrons. The fraction of sp³-hybridized carbons (Fsp3) is 0.0847. The van der Waals surface area contributed by atoms with Crippen LogP contribution in [0.15, 0.2) is 206 Å². The maximum atomic E-state index is 2.75. The summed E-state index contributed by atoms with van der Waals surface area (Å²) in [7, 11) is 0. The van der Waals surface area contributed by atoms with Gasteiger partial charge in [-0.05, 0) is 96.4 Å². The van der Waals surface area contributed by atoms with Crippen molar-refractivity contribution in [2.24, 2.45) is 0 Å². The Labute approximate surface area is 373 Å². The largest absolute Gasteiger partial charge is 0.376 e. The second kappa shape index (κ2) is 13.4. The Hall–Kier alpha value is -7.14. The third-order valence-electron chi connectivity index (χ3n) is 14.0. The summed E-state index contributed by atoms with van der Waals surface area (Å²) in [5.74, 6) is 0. The number of benzene rings is 9. The van der Waals surface area contributed by atoms with Crippen molar-refractivity contribution in [1.29, 1.82) is 0 Å². The van der Waals surface area contributed by atoms with Gasteiger partial charge in [-0.2, -0.15) is 0 Å². The number of rotatable bonds is 4. The molecular formula is C59H43BN2S. The van der Waals surface area contributed by atoms with E-state index >= 15 is 0 Å². The zero-order valence-electron chi connectivity index (χ0n) is 35.5. The average molecular weight is 823 g/mol. The van der Waals surface area contributed by atoms with Crippen molar-refractivity contribution in [3.63, 3.8) is 0 Å². The van der Waals surface area contributed by atoms with Gasteiger partial charge < -0.3 is 9.71 Å². The van der Waals surface area contributed by atoms with E-state index in [1.807, 2.05) is 11.3 Å². The van der Waals surface area contributed by atoms with Gasteiger partial charge in [-0.15, -0.1) is 11.3 Å². The summed E-state index contributed by atoms with van der Waals surface area (Å²) in [6.45, 7) is 6.86. The highest BCUT2D eigenvalue weighted by Crippen LogP contribution is 2.61. The zero-order chi connectivity index (χ0) is 42.0. The summed E-state index contributed by atoms with van der Waals surface area (Å²) in [4.78, 5) is 5.41. The molecule has 10 aromatic rings. The van der Waals surface area contributed by atoms with E-state index in [9.17, 15) is 0 Å². The van der Waals surface area contributed by atoms with Crippen molar-refractivity contribution in [2.45, 2.75) is 31.6 Å². The summed E-state index contributed by atoms with van der Waals surface area (Å²) in [5.41, 5.74) is 18.6. The molecule has 9 aromatic carbocycles. The maximum absolute atomic E-state index is 2.75. The van der Waals surface area contributed by atoms with Crippen LogP contribution in [0.5, 0.6) is 0 Å². The van der Waals surface area contributed by atoms with Gasteiger partial charge in [-0.3, -0.25) is 0 Å². The van der Waals surface area contributed by atoms with Gasteiger partial charge in [0.05, 0.1) is 21.8 Å². The van der Waals surface area contributed by atoms with Gasteiger partial charge in [-0.1, -0.05) is 197 Å². The summed E-state index contributed by atoms with van der Waals surface area (Å²) >= 11 is 1.93. The fourth-order valence-corrected chi connectivity index (χ4v) is 12.6. The molecule has 13 rings (SSSR count). The molecule has 0 fully saturated rings. The SMILES string of the molecule is CC(C)(C)c1ccc(N2c3sc4ccccc4c3B3c4c(cc5ccccc5c42)-c2cccc4c2N3c2ccccc2C4(c2ccccc2)c2ccccc2)c(-c2ccccc2)c1. The molecule has 298 valence electrons. The fourth-order valence-electron chi connectivity index (χ4n) is 11.4. The van der Waals surface area contributed by atoms with E-state index in [-0.39, 0.29) is 12.3 Å². The number of hydrogen-bond donors (Lipinski definition) is 0. The Bertz CT molecular complexity index is 3420. The van der Waals surface area contributed by atoms with E-state index in [0.29, 0.717) is 0 Å². The lowest BCUT2D eigenvalue weighted by molar-refractivity contribution is 0.590. The Morgan fingerprint density at radius 3 is 1.86 bits per heavy atom. The van der Waals surface area contributed by atoms with Gasteiger partial charge in [0.15, 0.2) is 0 Å². The molecule has 2 nitrogen and oxygen atoms in total. The number of hydrogen-bond acceptors (Lipinski definition) is 3. The molecule has 63 heavy (non-hydrogen) atoms. The van der Waals surface area contributed by atoms with Crippen LogP contribution in [0.2, 0.25) is 0 Å². The number of fused-ring (bicyclic) bond motifs is 10. The van der Waals surface area contributed by atoms with Crippen molar-refractivity contribution in [2.75, 3.05) is 9.71 Å². The first-order chi connectivity index (χ1) is 30.9.